The van der Waals surface area contributed by atoms with E-state index in [1.54, 1.807) is 6.92 Å². The highest BCUT2D eigenvalue weighted by Gasteiger charge is 2.18. The van der Waals surface area contributed by atoms with Crippen molar-refractivity contribution in [3.05, 3.63) is 32.6 Å². The molecule has 0 amide bonds. The molecule has 0 spiro atoms. The number of aromatic nitrogens is 2. The van der Waals surface area contributed by atoms with Crippen LogP contribution in [0.2, 0.25) is 13.1 Å². The lowest BCUT2D eigenvalue weighted by Gasteiger charge is -2.25. The average Bonchev–Trinajstić information content (AvgIpc) is 2.36. The van der Waals surface area contributed by atoms with Crippen LogP contribution in [-0.4, -0.2) is 24.9 Å². The van der Waals surface area contributed by atoms with Crippen LogP contribution in [-0.2, 0) is 15.9 Å². The van der Waals surface area contributed by atoms with Gasteiger partial charge < -0.3 is 9.16 Å². The van der Waals surface area contributed by atoms with E-state index < -0.39 is 14.7 Å². The van der Waals surface area contributed by atoms with Crippen molar-refractivity contribution in [1.29, 1.82) is 0 Å². The van der Waals surface area contributed by atoms with Crippen LogP contribution in [0.1, 0.15) is 39.2 Å². The molecule has 1 aromatic heterocycles. The fourth-order valence-corrected chi connectivity index (χ4v) is 2.74. The number of aryl methyl sites for hydroxylation is 1. The van der Waals surface area contributed by atoms with Crippen molar-refractivity contribution in [3.8, 4) is 0 Å². The van der Waals surface area contributed by atoms with Crippen molar-refractivity contribution in [1.82, 2.24) is 9.55 Å². The molecule has 0 saturated carbocycles. The molecule has 1 rings (SSSR count). The van der Waals surface area contributed by atoms with Gasteiger partial charge >= 0.3 is 5.69 Å². The van der Waals surface area contributed by atoms with Crippen LogP contribution in [0.15, 0.2) is 15.8 Å². The Bertz CT molecular complexity index is 586. The van der Waals surface area contributed by atoms with Gasteiger partial charge in [0.15, 0.2) is 9.04 Å². The van der Waals surface area contributed by atoms with E-state index >= 15 is 0 Å². The molecule has 0 radical (unpaired) electrons. The smallest absolute Gasteiger partial charge is 0.330 e. The van der Waals surface area contributed by atoms with Crippen molar-refractivity contribution in [2.45, 2.75) is 66.7 Å². The van der Waals surface area contributed by atoms with E-state index in [1.165, 1.54) is 10.8 Å². The third-order valence-electron chi connectivity index (χ3n) is 3.14. The first-order chi connectivity index (χ1) is 10.1. The molecule has 1 unspecified atom stereocenters. The number of ether oxygens (including phenoxy) is 1. The highest BCUT2D eigenvalue weighted by atomic mass is 28.3. The zero-order chi connectivity index (χ0) is 16.9. The predicted molar refractivity (Wildman–Crippen MR) is 89.6 cm³/mol. The van der Waals surface area contributed by atoms with Crippen LogP contribution in [0.25, 0.3) is 0 Å². The number of aromatic amines is 1. The van der Waals surface area contributed by atoms with Gasteiger partial charge in [0.2, 0.25) is 0 Å². The van der Waals surface area contributed by atoms with Gasteiger partial charge in [-0.05, 0) is 38.3 Å². The molecule has 1 aromatic rings. The molecule has 0 aliphatic carbocycles. The summed E-state index contributed by atoms with van der Waals surface area (Å²) in [4.78, 5) is 25.4. The topological polar surface area (TPSA) is 73.3 Å². The van der Waals surface area contributed by atoms with Crippen molar-refractivity contribution in [2.24, 2.45) is 5.41 Å². The largest absolute Gasteiger partial charge is 0.396 e. The number of rotatable bonds is 7. The molecule has 0 fully saturated rings. The molecule has 0 aromatic carbocycles. The van der Waals surface area contributed by atoms with Crippen LogP contribution >= 0.6 is 0 Å². The fraction of sp³-hybridized carbons (Fsp3) is 0.733. The maximum atomic E-state index is 11.7. The van der Waals surface area contributed by atoms with Crippen LogP contribution in [0.4, 0.5) is 0 Å². The molecule has 0 aliphatic rings. The molecule has 7 heteroatoms. The number of nitrogens with zero attached hydrogens (tertiary/aromatic N) is 1. The van der Waals surface area contributed by atoms with Crippen LogP contribution in [0, 0.1) is 12.3 Å². The van der Waals surface area contributed by atoms with E-state index in [2.05, 4.69) is 38.8 Å². The first kappa shape index (κ1) is 18.9. The van der Waals surface area contributed by atoms with E-state index in [4.69, 9.17) is 9.16 Å². The van der Waals surface area contributed by atoms with Crippen LogP contribution in [0.5, 0.6) is 0 Å². The van der Waals surface area contributed by atoms with Gasteiger partial charge in [0.25, 0.3) is 5.56 Å². The normalized spacial score (nSPS) is 13.6. The molecular weight excluding hydrogens is 300 g/mol. The second-order valence-electron chi connectivity index (χ2n) is 7.05. The summed E-state index contributed by atoms with van der Waals surface area (Å²) in [7, 11) is -1.24. The van der Waals surface area contributed by atoms with Crippen molar-refractivity contribution >= 4 is 9.04 Å². The van der Waals surface area contributed by atoms with Crippen LogP contribution in [0.3, 0.4) is 0 Å². The van der Waals surface area contributed by atoms with Crippen molar-refractivity contribution in [3.63, 3.8) is 0 Å². The summed E-state index contributed by atoms with van der Waals surface area (Å²) in [5, 5.41) is 0. The molecule has 0 aliphatic heterocycles. The lowest BCUT2D eigenvalue weighted by Crippen LogP contribution is -2.33. The minimum atomic E-state index is -1.24. The van der Waals surface area contributed by atoms with E-state index in [9.17, 15) is 9.59 Å². The molecular formula is C15H28N2O4Si. The molecule has 22 heavy (non-hydrogen) atoms. The second kappa shape index (κ2) is 7.89. The Balaban J connectivity index is 2.72. The monoisotopic (exact) mass is 328 g/mol. The zero-order valence-corrected chi connectivity index (χ0v) is 15.6. The van der Waals surface area contributed by atoms with Gasteiger partial charge in [0.05, 0.1) is 0 Å². The standard InChI is InChI=1S/C15H28N2O4Si/c1-11-9-17(14(19)16-13(11)18)10-20-12(21-22(5)6)7-8-15(2,3)4/h9,12,22H,7-8,10H2,1-6H3,(H,16,18,19). The SMILES string of the molecule is Cc1cn(COC(CCC(C)(C)C)O[SiH](C)C)c(=O)[nH]c1=O. The molecule has 0 saturated heterocycles. The van der Waals surface area contributed by atoms with Crippen molar-refractivity contribution in [2.75, 3.05) is 0 Å². The fourth-order valence-electron chi connectivity index (χ4n) is 1.92. The van der Waals surface area contributed by atoms with Crippen molar-refractivity contribution < 1.29 is 9.16 Å². The van der Waals surface area contributed by atoms with Gasteiger partial charge in [-0.1, -0.05) is 20.8 Å². The highest BCUT2D eigenvalue weighted by Crippen LogP contribution is 2.23. The molecule has 0 bridgehead atoms. The Kier molecular flexibility index (Phi) is 6.77. The lowest BCUT2D eigenvalue weighted by atomic mass is 9.90. The zero-order valence-electron chi connectivity index (χ0n) is 14.4. The summed E-state index contributed by atoms with van der Waals surface area (Å²) in [6.07, 6.45) is 2.95. The Morgan fingerprint density at radius 3 is 2.50 bits per heavy atom. The summed E-state index contributed by atoms with van der Waals surface area (Å²) in [6.45, 7) is 12.4. The Morgan fingerprint density at radius 2 is 1.95 bits per heavy atom. The van der Waals surface area contributed by atoms with Gasteiger partial charge in [-0.2, -0.15) is 0 Å². The number of H-pyrrole nitrogens is 1. The molecule has 1 atom stereocenters. The van der Waals surface area contributed by atoms with Gasteiger partial charge in [0.1, 0.15) is 13.0 Å². The summed E-state index contributed by atoms with van der Waals surface area (Å²) in [6, 6.07) is 0. The number of hydrogen-bond donors (Lipinski definition) is 1. The molecule has 1 heterocycles. The first-order valence-corrected chi connectivity index (χ1v) is 10.4. The first-order valence-electron chi connectivity index (χ1n) is 7.66. The third-order valence-corrected chi connectivity index (χ3v) is 3.99. The lowest BCUT2D eigenvalue weighted by molar-refractivity contribution is -0.118. The minimum Gasteiger partial charge on any atom is -0.396 e. The van der Waals surface area contributed by atoms with Gasteiger partial charge in [-0.25, -0.2) is 4.79 Å². The summed E-state index contributed by atoms with van der Waals surface area (Å²) >= 11 is 0. The van der Waals surface area contributed by atoms with E-state index in [0.717, 1.165) is 12.8 Å². The predicted octanol–water partition coefficient (Wildman–Crippen LogP) is 1.97. The minimum absolute atomic E-state index is 0.0758. The molecule has 6 nitrogen and oxygen atoms in total. The Labute approximate surface area is 133 Å². The quantitative estimate of drug-likeness (QED) is 0.613. The summed E-state index contributed by atoms with van der Waals surface area (Å²) in [5.74, 6) is 0. The average molecular weight is 328 g/mol. The third kappa shape index (κ3) is 6.72. The number of nitrogens with one attached hydrogen (secondary N) is 1. The van der Waals surface area contributed by atoms with Gasteiger partial charge in [0, 0.05) is 11.8 Å². The number of hydrogen-bond acceptors (Lipinski definition) is 4. The van der Waals surface area contributed by atoms with E-state index in [1.807, 2.05) is 0 Å². The molecule has 126 valence electrons. The Hall–Kier alpha value is -1.18. The van der Waals surface area contributed by atoms with Crippen LogP contribution < -0.4 is 11.2 Å². The maximum absolute atomic E-state index is 11.7. The van der Waals surface area contributed by atoms with E-state index in [0.29, 0.717) is 5.56 Å². The maximum Gasteiger partial charge on any atom is 0.330 e. The Morgan fingerprint density at radius 1 is 1.32 bits per heavy atom. The molecule has 1 N–H and O–H groups in total. The highest BCUT2D eigenvalue weighted by molar-refractivity contribution is 6.48. The summed E-state index contributed by atoms with van der Waals surface area (Å²) < 4.78 is 13.0. The van der Waals surface area contributed by atoms with Gasteiger partial charge in [-0.15, -0.1) is 0 Å². The summed E-state index contributed by atoms with van der Waals surface area (Å²) in [5.41, 5.74) is -0.147. The second-order valence-corrected chi connectivity index (χ2v) is 9.42. The van der Waals surface area contributed by atoms with Gasteiger partial charge in [-0.3, -0.25) is 14.3 Å². The van der Waals surface area contributed by atoms with E-state index in [-0.39, 0.29) is 24.0 Å².